The Hall–Kier alpha value is -2.10. The van der Waals surface area contributed by atoms with Crippen molar-refractivity contribution < 1.29 is 0 Å². The molecular formula is C14H17N3O. The number of aromatic nitrogens is 2. The number of nitrogens with zero attached hydrogens (tertiary/aromatic N) is 2. The van der Waals surface area contributed by atoms with E-state index in [4.69, 9.17) is 0 Å². The molecule has 1 N–H and O–H groups in total. The van der Waals surface area contributed by atoms with Crippen LogP contribution in [-0.2, 0) is 13.1 Å². The van der Waals surface area contributed by atoms with Gasteiger partial charge in [-0.25, -0.2) is 0 Å². The molecule has 2 heterocycles. The van der Waals surface area contributed by atoms with Gasteiger partial charge in [0.15, 0.2) is 0 Å². The molecule has 0 amide bonds. The van der Waals surface area contributed by atoms with E-state index in [1.807, 2.05) is 25.4 Å². The fourth-order valence-electron chi connectivity index (χ4n) is 1.76. The Morgan fingerprint density at radius 3 is 2.89 bits per heavy atom. The molecule has 0 radical (unpaired) electrons. The Bertz CT molecular complexity index is 590. The van der Waals surface area contributed by atoms with E-state index in [1.54, 1.807) is 22.9 Å². The first-order valence-corrected chi connectivity index (χ1v) is 6.04. The highest BCUT2D eigenvalue weighted by Gasteiger charge is 1.99. The third kappa shape index (κ3) is 2.77. The summed E-state index contributed by atoms with van der Waals surface area (Å²) in [6.07, 6.45) is 5.49. The monoisotopic (exact) mass is 243 g/mol. The molecule has 2 aromatic heterocycles. The molecule has 0 atom stereocenters. The van der Waals surface area contributed by atoms with Crippen molar-refractivity contribution in [3.8, 4) is 0 Å². The number of aryl methyl sites for hydroxylation is 2. The van der Waals surface area contributed by atoms with Gasteiger partial charge in [-0.15, -0.1) is 0 Å². The normalized spacial score (nSPS) is 10.3. The van der Waals surface area contributed by atoms with Gasteiger partial charge in [0.1, 0.15) is 0 Å². The van der Waals surface area contributed by atoms with Crippen molar-refractivity contribution in [2.45, 2.75) is 26.9 Å². The standard InChI is InChI=1S/C14H17N3O/c1-3-17-10-13(4-5-14(17)18)16-9-12-8-15-7-6-11(12)2/h4-8,10,16H,3,9H2,1-2H3. The van der Waals surface area contributed by atoms with Crippen molar-refractivity contribution in [3.63, 3.8) is 0 Å². The number of hydrogen-bond donors (Lipinski definition) is 1. The van der Waals surface area contributed by atoms with Gasteiger partial charge in [-0.2, -0.15) is 0 Å². The summed E-state index contributed by atoms with van der Waals surface area (Å²) >= 11 is 0. The van der Waals surface area contributed by atoms with Crippen LogP contribution in [0, 0.1) is 6.92 Å². The topological polar surface area (TPSA) is 46.9 Å². The lowest BCUT2D eigenvalue weighted by atomic mass is 10.1. The van der Waals surface area contributed by atoms with Crippen LogP contribution in [0.2, 0.25) is 0 Å². The van der Waals surface area contributed by atoms with Crippen LogP contribution in [0.4, 0.5) is 5.69 Å². The average Bonchev–Trinajstić information content (AvgIpc) is 2.39. The maximum absolute atomic E-state index is 11.5. The predicted molar refractivity (Wildman–Crippen MR) is 72.7 cm³/mol. The summed E-state index contributed by atoms with van der Waals surface area (Å²) in [5, 5.41) is 3.30. The third-order valence-electron chi connectivity index (χ3n) is 2.95. The quantitative estimate of drug-likeness (QED) is 0.895. The van der Waals surface area contributed by atoms with E-state index in [9.17, 15) is 4.79 Å². The lowest BCUT2D eigenvalue weighted by Crippen LogP contribution is -2.17. The Kier molecular flexibility index (Phi) is 3.77. The first-order valence-electron chi connectivity index (χ1n) is 6.04. The summed E-state index contributed by atoms with van der Waals surface area (Å²) in [5.41, 5.74) is 3.34. The molecule has 4 nitrogen and oxygen atoms in total. The maximum atomic E-state index is 11.5. The molecular weight excluding hydrogens is 226 g/mol. The fourth-order valence-corrected chi connectivity index (χ4v) is 1.76. The van der Waals surface area contributed by atoms with Crippen LogP contribution in [0.25, 0.3) is 0 Å². The largest absolute Gasteiger partial charge is 0.380 e. The van der Waals surface area contributed by atoms with Crippen LogP contribution in [-0.4, -0.2) is 9.55 Å². The van der Waals surface area contributed by atoms with Crippen LogP contribution < -0.4 is 10.9 Å². The lowest BCUT2D eigenvalue weighted by Gasteiger charge is -2.10. The molecule has 0 aliphatic rings. The van der Waals surface area contributed by atoms with Crippen molar-refractivity contribution in [2.75, 3.05) is 5.32 Å². The molecule has 0 fully saturated rings. The van der Waals surface area contributed by atoms with Gasteiger partial charge >= 0.3 is 0 Å². The van der Waals surface area contributed by atoms with Crippen molar-refractivity contribution in [3.05, 3.63) is 58.3 Å². The number of nitrogens with one attached hydrogen (secondary N) is 1. The number of rotatable bonds is 4. The predicted octanol–water partition coefficient (Wildman–Crippen LogP) is 2.18. The van der Waals surface area contributed by atoms with Crippen molar-refractivity contribution in [2.24, 2.45) is 0 Å². The lowest BCUT2D eigenvalue weighted by molar-refractivity contribution is 0.727. The highest BCUT2D eigenvalue weighted by Crippen LogP contribution is 2.09. The van der Waals surface area contributed by atoms with E-state index in [0.717, 1.165) is 11.3 Å². The second-order valence-electron chi connectivity index (χ2n) is 4.20. The minimum absolute atomic E-state index is 0.0283. The van der Waals surface area contributed by atoms with E-state index in [2.05, 4.69) is 17.2 Å². The van der Waals surface area contributed by atoms with Gasteiger partial charge in [0.05, 0.1) is 5.69 Å². The molecule has 0 aromatic carbocycles. The Labute approximate surface area is 106 Å². The smallest absolute Gasteiger partial charge is 0.250 e. The van der Waals surface area contributed by atoms with Gasteiger partial charge in [-0.3, -0.25) is 9.78 Å². The summed E-state index contributed by atoms with van der Waals surface area (Å²) in [4.78, 5) is 15.6. The van der Waals surface area contributed by atoms with Gasteiger partial charge in [0, 0.05) is 37.7 Å². The SMILES string of the molecule is CCn1cc(NCc2cnccc2C)ccc1=O. The molecule has 0 aliphatic heterocycles. The number of hydrogen-bond acceptors (Lipinski definition) is 3. The van der Waals surface area contributed by atoms with Gasteiger partial charge in [0.2, 0.25) is 0 Å². The van der Waals surface area contributed by atoms with Crippen molar-refractivity contribution >= 4 is 5.69 Å². The van der Waals surface area contributed by atoms with Crippen LogP contribution in [0.15, 0.2) is 41.6 Å². The van der Waals surface area contributed by atoms with E-state index in [1.165, 1.54) is 5.56 Å². The molecule has 0 aliphatic carbocycles. The molecule has 4 heteroatoms. The minimum Gasteiger partial charge on any atom is -0.380 e. The second-order valence-corrected chi connectivity index (χ2v) is 4.20. The molecule has 2 aromatic rings. The fraction of sp³-hybridized carbons (Fsp3) is 0.286. The van der Waals surface area contributed by atoms with E-state index < -0.39 is 0 Å². The van der Waals surface area contributed by atoms with Crippen molar-refractivity contribution in [1.82, 2.24) is 9.55 Å². The third-order valence-corrected chi connectivity index (χ3v) is 2.95. The van der Waals surface area contributed by atoms with E-state index >= 15 is 0 Å². The molecule has 18 heavy (non-hydrogen) atoms. The Morgan fingerprint density at radius 1 is 1.33 bits per heavy atom. The zero-order valence-electron chi connectivity index (χ0n) is 10.7. The second kappa shape index (κ2) is 5.49. The maximum Gasteiger partial charge on any atom is 0.250 e. The number of anilines is 1. The highest BCUT2D eigenvalue weighted by molar-refractivity contribution is 5.41. The molecule has 0 unspecified atom stereocenters. The van der Waals surface area contributed by atoms with Crippen LogP contribution >= 0.6 is 0 Å². The zero-order chi connectivity index (χ0) is 13.0. The molecule has 0 saturated heterocycles. The molecule has 0 saturated carbocycles. The van der Waals surface area contributed by atoms with Gasteiger partial charge in [-0.05, 0) is 37.1 Å². The van der Waals surface area contributed by atoms with E-state index in [0.29, 0.717) is 13.1 Å². The summed E-state index contributed by atoms with van der Waals surface area (Å²) in [7, 11) is 0. The zero-order valence-corrected chi connectivity index (χ0v) is 10.7. The molecule has 0 bridgehead atoms. The van der Waals surface area contributed by atoms with Gasteiger partial charge in [-0.1, -0.05) is 0 Å². The molecule has 2 rings (SSSR count). The van der Waals surface area contributed by atoms with E-state index in [-0.39, 0.29) is 5.56 Å². The Morgan fingerprint density at radius 2 is 2.17 bits per heavy atom. The van der Waals surface area contributed by atoms with Crippen LogP contribution in [0.5, 0.6) is 0 Å². The molecule has 94 valence electrons. The summed E-state index contributed by atoms with van der Waals surface area (Å²) in [5.74, 6) is 0. The first-order chi connectivity index (χ1) is 8.70. The minimum atomic E-state index is 0.0283. The molecule has 0 spiro atoms. The highest BCUT2D eigenvalue weighted by atomic mass is 16.1. The van der Waals surface area contributed by atoms with Crippen LogP contribution in [0.3, 0.4) is 0 Å². The summed E-state index contributed by atoms with van der Waals surface area (Å²) < 4.78 is 1.68. The summed E-state index contributed by atoms with van der Waals surface area (Å²) in [6, 6.07) is 5.38. The Balaban J connectivity index is 2.11. The van der Waals surface area contributed by atoms with Gasteiger partial charge in [0.25, 0.3) is 5.56 Å². The average molecular weight is 243 g/mol. The number of pyridine rings is 2. The van der Waals surface area contributed by atoms with Crippen molar-refractivity contribution in [1.29, 1.82) is 0 Å². The first kappa shape index (κ1) is 12.4. The summed E-state index contributed by atoms with van der Waals surface area (Å²) in [6.45, 7) is 5.41. The van der Waals surface area contributed by atoms with Gasteiger partial charge < -0.3 is 9.88 Å². The van der Waals surface area contributed by atoms with Crippen LogP contribution in [0.1, 0.15) is 18.1 Å².